The number of amides is 1. The number of nitrogens with zero attached hydrogens (tertiary/aromatic N) is 1. The molecular formula is C16H25N3O3S. The Morgan fingerprint density at radius 1 is 1.22 bits per heavy atom. The molecule has 1 heterocycles. The van der Waals surface area contributed by atoms with Gasteiger partial charge in [-0.05, 0) is 56.6 Å². The van der Waals surface area contributed by atoms with Gasteiger partial charge in [0.2, 0.25) is 15.9 Å². The highest BCUT2D eigenvalue weighted by molar-refractivity contribution is 7.89. The van der Waals surface area contributed by atoms with Crippen molar-refractivity contribution in [2.45, 2.75) is 31.1 Å². The van der Waals surface area contributed by atoms with Crippen LogP contribution in [0.3, 0.4) is 0 Å². The molecule has 1 aromatic rings. The van der Waals surface area contributed by atoms with Gasteiger partial charge in [0.05, 0.1) is 4.90 Å². The SMILES string of the molecule is CCC(=O)Nc1ccc(S(=O)(=O)N2CCC(CNC)CC2)cc1. The van der Waals surface area contributed by atoms with E-state index in [1.807, 2.05) is 7.05 Å². The number of carbonyl (C=O) groups excluding carboxylic acids is 1. The summed E-state index contributed by atoms with van der Waals surface area (Å²) >= 11 is 0. The Morgan fingerprint density at radius 2 is 1.83 bits per heavy atom. The standard InChI is InChI=1S/C16H25N3O3S/c1-3-16(20)18-14-4-6-15(7-5-14)23(21,22)19-10-8-13(9-11-19)12-17-2/h4-7,13,17H,3,8-12H2,1-2H3,(H,18,20). The van der Waals surface area contributed by atoms with Gasteiger partial charge in [0.1, 0.15) is 0 Å². The summed E-state index contributed by atoms with van der Waals surface area (Å²) in [6, 6.07) is 6.38. The van der Waals surface area contributed by atoms with Crippen LogP contribution in [0.5, 0.6) is 0 Å². The van der Waals surface area contributed by atoms with Gasteiger partial charge in [0.25, 0.3) is 0 Å². The summed E-state index contributed by atoms with van der Waals surface area (Å²) < 4.78 is 26.9. The molecule has 0 atom stereocenters. The molecule has 0 bridgehead atoms. The Bertz CT molecular complexity index is 620. The lowest BCUT2D eigenvalue weighted by atomic mass is 9.98. The van der Waals surface area contributed by atoms with Gasteiger partial charge in [-0.15, -0.1) is 0 Å². The van der Waals surface area contributed by atoms with Crippen LogP contribution < -0.4 is 10.6 Å². The van der Waals surface area contributed by atoms with Crippen molar-refractivity contribution in [2.24, 2.45) is 5.92 Å². The molecule has 1 saturated heterocycles. The van der Waals surface area contributed by atoms with Crippen molar-refractivity contribution in [1.29, 1.82) is 0 Å². The minimum absolute atomic E-state index is 0.0905. The molecule has 1 amide bonds. The van der Waals surface area contributed by atoms with E-state index in [1.165, 1.54) is 0 Å². The molecular weight excluding hydrogens is 314 g/mol. The third kappa shape index (κ3) is 4.53. The highest BCUT2D eigenvalue weighted by atomic mass is 32.2. The number of carbonyl (C=O) groups is 1. The molecule has 0 radical (unpaired) electrons. The van der Waals surface area contributed by atoms with Crippen LogP contribution in [-0.4, -0.2) is 45.3 Å². The topological polar surface area (TPSA) is 78.5 Å². The molecule has 1 fully saturated rings. The Hall–Kier alpha value is -1.44. The molecule has 0 aliphatic carbocycles. The lowest BCUT2D eigenvalue weighted by Gasteiger charge is -2.31. The Labute approximate surface area is 138 Å². The quantitative estimate of drug-likeness (QED) is 0.826. The number of sulfonamides is 1. The van der Waals surface area contributed by atoms with Crippen LogP contribution in [-0.2, 0) is 14.8 Å². The molecule has 1 aliphatic rings. The average Bonchev–Trinajstić information content (AvgIpc) is 2.56. The molecule has 1 aromatic carbocycles. The van der Waals surface area contributed by atoms with E-state index in [2.05, 4.69) is 10.6 Å². The minimum Gasteiger partial charge on any atom is -0.326 e. The van der Waals surface area contributed by atoms with E-state index in [4.69, 9.17) is 0 Å². The predicted molar refractivity (Wildman–Crippen MR) is 90.8 cm³/mol. The van der Waals surface area contributed by atoms with E-state index < -0.39 is 10.0 Å². The van der Waals surface area contributed by atoms with E-state index in [9.17, 15) is 13.2 Å². The molecule has 7 heteroatoms. The summed E-state index contributed by atoms with van der Waals surface area (Å²) in [4.78, 5) is 11.6. The molecule has 2 rings (SSSR count). The molecule has 128 valence electrons. The third-order valence-corrected chi connectivity index (χ3v) is 6.08. The fourth-order valence-electron chi connectivity index (χ4n) is 2.75. The summed E-state index contributed by atoms with van der Waals surface area (Å²) in [6.07, 6.45) is 2.15. The first-order valence-corrected chi connectivity index (χ1v) is 9.46. The fraction of sp³-hybridized carbons (Fsp3) is 0.562. The largest absolute Gasteiger partial charge is 0.326 e. The van der Waals surface area contributed by atoms with E-state index in [0.717, 1.165) is 19.4 Å². The second-order valence-corrected chi connectivity index (χ2v) is 7.77. The van der Waals surface area contributed by atoms with Crippen LogP contribution in [0, 0.1) is 5.92 Å². The van der Waals surface area contributed by atoms with Crippen molar-refractivity contribution in [3.8, 4) is 0 Å². The summed E-state index contributed by atoms with van der Waals surface area (Å²) in [5.74, 6) is 0.449. The van der Waals surface area contributed by atoms with Crippen LogP contribution in [0.2, 0.25) is 0 Å². The Balaban J connectivity index is 2.04. The van der Waals surface area contributed by atoms with Gasteiger partial charge < -0.3 is 10.6 Å². The molecule has 23 heavy (non-hydrogen) atoms. The van der Waals surface area contributed by atoms with Gasteiger partial charge in [-0.1, -0.05) is 6.92 Å². The van der Waals surface area contributed by atoms with Crippen molar-refractivity contribution < 1.29 is 13.2 Å². The van der Waals surface area contributed by atoms with Gasteiger partial charge in [-0.2, -0.15) is 4.31 Å². The number of rotatable bonds is 6. The monoisotopic (exact) mass is 339 g/mol. The Kier molecular flexibility index (Phi) is 6.15. The third-order valence-electron chi connectivity index (χ3n) is 4.16. The van der Waals surface area contributed by atoms with Gasteiger partial charge in [0, 0.05) is 25.2 Å². The van der Waals surface area contributed by atoms with Gasteiger partial charge >= 0.3 is 0 Å². The number of nitrogens with one attached hydrogen (secondary N) is 2. The maximum Gasteiger partial charge on any atom is 0.243 e. The smallest absolute Gasteiger partial charge is 0.243 e. The molecule has 0 aromatic heterocycles. The first-order chi connectivity index (χ1) is 11.0. The molecule has 0 unspecified atom stereocenters. The molecule has 1 aliphatic heterocycles. The van der Waals surface area contributed by atoms with Gasteiger partial charge in [-0.25, -0.2) is 8.42 Å². The van der Waals surface area contributed by atoms with Crippen LogP contribution in [0.25, 0.3) is 0 Å². The second kappa shape index (κ2) is 7.90. The van der Waals surface area contributed by atoms with Crippen molar-refractivity contribution in [3.05, 3.63) is 24.3 Å². The first-order valence-electron chi connectivity index (χ1n) is 8.02. The van der Waals surface area contributed by atoms with E-state index >= 15 is 0 Å². The van der Waals surface area contributed by atoms with Crippen LogP contribution >= 0.6 is 0 Å². The number of piperidine rings is 1. The maximum absolute atomic E-state index is 12.7. The van der Waals surface area contributed by atoms with Crippen molar-refractivity contribution >= 4 is 21.6 Å². The maximum atomic E-state index is 12.7. The summed E-state index contributed by atoms with van der Waals surface area (Å²) in [5, 5.41) is 5.86. The van der Waals surface area contributed by atoms with Gasteiger partial charge in [-0.3, -0.25) is 4.79 Å². The summed E-state index contributed by atoms with van der Waals surface area (Å²) in [7, 11) is -1.53. The van der Waals surface area contributed by atoms with E-state index in [-0.39, 0.29) is 10.8 Å². The van der Waals surface area contributed by atoms with Crippen molar-refractivity contribution in [1.82, 2.24) is 9.62 Å². The lowest BCUT2D eigenvalue weighted by Crippen LogP contribution is -2.40. The predicted octanol–water partition coefficient (Wildman–Crippen LogP) is 1.66. The number of benzene rings is 1. The molecule has 0 saturated carbocycles. The van der Waals surface area contributed by atoms with Crippen LogP contribution in [0.15, 0.2) is 29.2 Å². The highest BCUT2D eigenvalue weighted by Crippen LogP contribution is 2.24. The van der Waals surface area contributed by atoms with Crippen LogP contribution in [0.4, 0.5) is 5.69 Å². The second-order valence-electron chi connectivity index (χ2n) is 5.83. The average molecular weight is 339 g/mol. The summed E-state index contributed by atoms with van der Waals surface area (Å²) in [6.45, 7) is 3.82. The highest BCUT2D eigenvalue weighted by Gasteiger charge is 2.29. The normalized spacial score (nSPS) is 17.1. The number of anilines is 1. The van der Waals surface area contributed by atoms with Gasteiger partial charge in [0.15, 0.2) is 0 Å². The zero-order chi connectivity index (χ0) is 16.9. The first kappa shape index (κ1) is 17.9. The summed E-state index contributed by atoms with van der Waals surface area (Å²) in [5.41, 5.74) is 0.614. The Morgan fingerprint density at radius 3 is 2.35 bits per heavy atom. The zero-order valence-corrected chi connectivity index (χ0v) is 14.5. The van der Waals surface area contributed by atoms with Crippen LogP contribution in [0.1, 0.15) is 26.2 Å². The number of hydrogen-bond donors (Lipinski definition) is 2. The lowest BCUT2D eigenvalue weighted by molar-refractivity contribution is -0.115. The number of hydrogen-bond acceptors (Lipinski definition) is 4. The van der Waals surface area contributed by atoms with E-state index in [1.54, 1.807) is 35.5 Å². The van der Waals surface area contributed by atoms with Crippen molar-refractivity contribution in [2.75, 3.05) is 32.0 Å². The van der Waals surface area contributed by atoms with Crippen molar-refractivity contribution in [3.63, 3.8) is 0 Å². The molecule has 0 spiro atoms. The zero-order valence-electron chi connectivity index (χ0n) is 13.7. The fourth-order valence-corrected chi connectivity index (χ4v) is 4.22. The van der Waals surface area contributed by atoms with E-state index in [0.29, 0.717) is 31.1 Å². The minimum atomic E-state index is -3.45. The molecule has 6 nitrogen and oxygen atoms in total. The molecule has 2 N–H and O–H groups in total.